The lowest BCUT2D eigenvalue weighted by atomic mass is 10.1. The van der Waals surface area contributed by atoms with Gasteiger partial charge in [0.05, 0.1) is 12.8 Å². The van der Waals surface area contributed by atoms with E-state index in [4.69, 9.17) is 4.74 Å². The predicted octanol–water partition coefficient (Wildman–Crippen LogP) is 3.12. The number of ether oxygens (including phenoxy) is 2. The number of carbonyl (C=O) groups is 2. The van der Waals surface area contributed by atoms with Crippen LogP contribution in [-0.4, -0.2) is 56.8 Å². The molecule has 0 bridgehead atoms. The molecule has 0 saturated carbocycles. The van der Waals surface area contributed by atoms with Crippen LogP contribution < -0.4 is 15.4 Å². The van der Waals surface area contributed by atoms with Crippen molar-refractivity contribution in [2.75, 3.05) is 45.2 Å². The van der Waals surface area contributed by atoms with Crippen molar-refractivity contribution in [2.45, 2.75) is 27.2 Å². The number of likely N-dealkylation sites (N-methyl/N-ethyl adjacent to an activating group) is 1. The van der Waals surface area contributed by atoms with Gasteiger partial charge in [-0.3, -0.25) is 0 Å². The molecule has 0 aliphatic rings. The van der Waals surface area contributed by atoms with Gasteiger partial charge in [0.25, 0.3) is 0 Å². The fourth-order valence-electron chi connectivity index (χ4n) is 2.34. The third kappa shape index (κ3) is 8.59. The number of nitrogens with one attached hydrogen (secondary N) is 2. The minimum atomic E-state index is -0.440. The number of hydrogen-bond acceptors (Lipinski definition) is 5. The molecule has 2 N–H and O–H groups in total. The van der Waals surface area contributed by atoms with Crippen LogP contribution in [0.4, 0.5) is 10.5 Å². The monoisotopic (exact) mass is 377 g/mol. The van der Waals surface area contributed by atoms with Gasteiger partial charge in [-0.15, -0.1) is 0 Å². The summed E-state index contributed by atoms with van der Waals surface area (Å²) < 4.78 is 10.5. The van der Waals surface area contributed by atoms with E-state index in [2.05, 4.69) is 34.1 Å². The first-order chi connectivity index (χ1) is 13.0. The number of esters is 1. The summed E-state index contributed by atoms with van der Waals surface area (Å²) in [6, 6.07) is 5.08. The average molecular weight is 377 g/mol. The van der Waals surface area contributed by atoms with Crippen LogP contribution in [0.5, 0.6) is 5.75 Å². The molecule has 0 radical (unpaired) electrons. The van der Waals surface area contributed by atoms with Crippen LogP contribution >= 0.6 is 0 Å². The number of urea groups is 1. The quantitative estimate of drug-likeness (QED) is 0.457. The minimum Gasteiger partial charge on any atom is -0.490 e. The van der Waals surface area contributed by atoms with Gasteiger partial charge >= 0.3 is 12.0 Å². The second-order valence-electron chi connectivity index (χ2n) is 5.87. The molecule has 0 atom stereocenters. The number of rotatable bonds is 11. The van der Waals surface area contributed by atoms with Crippen molar-refractivity contribution < 1.29 is 19.1 Å². The molecule has 0 saturated heterocycles. The Morgan fingerprint density at radius 3 is 2.56 bits per heavy atom. The molecule has 7 heteroatoms. The van der Waals surface area contributed by atoms with Crippen LogP contribution in [0.1, 0.15) is 32.8 Å². The van der Waals surface area contributed by atoms with Gasteiger partial charge in [0, 0.05) is 19.2 Å². The number of anilines is 1. The summed E-state index contributed by atoms with van der Waals surface area (Å²) in [7, 11) is 1.32. The highest BCUT2D eigenvalue weighted by atomic mass is 16.5. The fraction of sp³-hybridized carbons (Fsp3) is 0.500. The zero-order chi connectivity index (χ0) is 20.1. The Morgan fingerprint density at radius 2 is 1.93 bits per heavy atom. The highest BCUT2D eigenvalue weighted by Gasteiger charge is 2.09. The second kappa shape index (κ2) is 12.8. The van der Waals surface area contributed by atoms with Gasteiger partial charge in [-0.05, 0) is 43.3 Å². The van der Waals surface area contributed by atoms with Gasteiger partial charge in [0.1, 0.15) is 12.4 Å². The standard InChI is InChI=1S/C20H31N3O4/c1-5-12-21-20(25)22-17-15-16(9-11-19(24)26-4)8-10-18(17)27-14-13-23(6-2)7-3/h8-11,15H,5-7,12-14H2,1-4H3,(H2,21,22,25)/b11-9+. The van der Waals surface area contributed by atoms with Crippen LogP contribution in [0.3, 0.4) is 0 Å². The molecular formula is C20H31N3O4. The van der Waals surface area contributed by atoms with Crippen molar-refractivity contribution in [3.63, 3.8) is 0 Å². The van der Waals surface area contributed by atoms with E-state index in [9.17, 15) is 9.59 Å². The van der Waals surface area contributed by atoms with Crippen molar-refractivity contribution >= 4 is 23.8 Å². The van der Waals surface area contributed by atoms with Gasteiger partial charge in [-0.2, -0.15) is 0 Å². The summed E-state index contributed by atoms with van der Waals surface area (Å²) in [5.41, 5.74) is 1.30. The van der Waals surface area contributed by atoms with Crippen molar-refractivity contribution in [3.8, 4) is 5.75 Å². The van der Waals surface area contributed by atoms with E-state index < -0.39 is 5.97 Å². The summed E-state index contributed by atoms with van der Waals surface area (Å²) in [5.74, 6) is 0.147. The van der Waals surface area contributed by atoms with Gasteiger partial charge in [-0.25, -0.2) is 9.59 Å². The molecule has 0 spiro atoms. The normalized spacial score (nSPS) is 10.9. The zero-order valence-electron chi connectivity index (χ0n) is 16.7. The molecule has 0 fully saturated rings. The van der Waals surface area contributed by atoms with Gasteiger partial charge in [0.2, 0.25) is 0 Å². The maximum Gasteiger partial charge on any atom is 0.330 e. The van der Waals surface area contributed by atoms with E-state index in [1.165, 1.54) is 13.2 Å². The van der Waals surface area contributed by atoms with E-state index in [0.29, 0.717) is 24.6 Å². The third-order valence-corrected chi connectivity index (χ3v) is 3.96. The van der Waals surface area contributed by atoms with Crippen molar-refractivity contribution in [1.82, 2.24) is 10.2 Å². The Hall–Kier alpha value is -2.54. The Bertz CT molecular complexity index is 628. The topological polar surface area (TPSA) is 79.9 Å². The van der Waals surface area contributed by atoms with Gasteiger partial charge in [0.15, 0.2) is 0 Å². The van der Waals surface area contributed by atoms with Crippen molar-refractivity contribution in [2.24, 2.45) is 0 Å². The molecule has 1 rings (SSSR count). The van der Waals surface area contributed by atoms with E-state index >= 15 is 0 Å². The maximum atomic E-state index is 12.0. The first-order valence-electron chi connectivity index (χ1n) is 9.34. The molecule has 7 nitrogen and oxygen atoms in total. The lowest BCUT2D eigenvalue weighted by Gasteiger charge is -2.19. The zero-order valence-corrected chi connectivity index (χ0v) is 16.7. The van der Waals surface area contributed by atoms with Gasteiger partial charge < -0.3 is 25.0 Å². The van der Waals surface area contributed by atoms with Gasteiger partial charge in [-0.1, -0.05) is 26.8 Å². The number of amides is 2. The summed E-state index contributed by atoms with van der Waals surface area (Å²) in [6.45, 7) is 10.0. The van der Waals surface area contributed by atoms with Crippen LogP contribution in [0, 0.1) is 0 Å². The molecular weight excluding hydrogens is 346 g/mol. The average Bonchev–Trinajstić information content (AvgIpc) is 2.68. The Kier molecular flexibility index (Phi) is 10.6. The van der Waals surface area contributed by atoms with E-state index in [-0.39, 0.29) is 6.03 Å². The highest BCUT2D eigenvalue weighted by molar-refractivity contribution is 5.92. The maximum absolute atomic E-state index is 12.0. The predicted molar refractivity (Wildman–Crippen MR) is 108 cm³/mol. The number of nitrogens with zero attached hydrogens (tertiary/aromatic N) is 1. The Balaban J connectivity index is 2.89. The summed E-state index contributed by atoms with van der Waals surface area (Å²) in [6.07, 6.45) is 3.81. The molecule has 0 heterocycles. The molecule has 1 aromatic carbocycles. The highest BCUT2D eigenvalue weighted by Crippen LogP contribution is 2.26. The molecule has 150 valence electrons. The first-order valence-corrected chi connectivity index (χ1v) is 9.34. The third-order valence-electron chi connectivity index (χ3n) is 3.96. The first kappa shape index (κ1) is 22.5. The smallest absolute Gasteiger partial charge is 0.330 e. The number of carbonyl (C=O) groups excluding carboxylic acids is 2. The van der Waals surface area contributed by atoms with Crippen LogP contribution in [0.2, 0.25) is 0 Å². The van der Waals surface area contributed by atoms with Crippen LogP contribution in [0.25, 0.3) is 6.08 Å². The van der Waals surface area contributed by atoms with E-state index in [1.807, 2.05) is 13.0 Å². The van der Waals surface area contributed by atoms with Crippen molar-refractivity contribution in [3.05, 3.63) is 29.8 Å². The lowest BCUT2D eigenvalue weighted by molar-refractivity contribution is -0.134. The second-order valence-corrected chi connectivity index (χ2v) is 5.87. The molecule has 0 aliphatic heterocycles. The minimum absolute atomic E-state index is 0.292. The Morgan fingerprint density at radius 1 is 1.19 bits per heavy atom. The summed E-state index contributed by atoms with van der Waals surface area (Å²) in [4.78, 5) is 25.6. The van der Waals surface area contributed by atoms with Crippen LogP contribution in [-0.2, 0) is 9.53 Å². The Labute approximate surface area is 161 Å². The van der Waals surface area contributed by atoms with Crippen LogP contribution in [0.15, 0.2) is 24.3 Å². The summed E-state index contributed by atoms with van der Waals surface area (Å²) in [5, 5.41) is 5.59. The number of hydrogen-bond donors (Lipinski definition) is 2. The summed E-state index contributed by atoms with van der Waals surface area (Å²) >= 11 is 0. The van der Waals surface area contributed by atoms with E-state index in [0.717, 1.165) is 31.6 Å². The molecule has 0 aliphatic carbocycles. The molecule has 0 aromatic heterocycles. The molecule has 2 amide bonds. The number of methoxy groups -OCH3 is 1. The largest absolute Gasteiger partial charge is 0.490 e. The number of benzene rings is 1. The molecule has 1 aromatic rings. The van der Waals surface area contributed by atoms with E-state index in [1.54, 1.807) is 18.2 Å². The van der Waals surface area contributed by atoms with Crippen molar-refractivity contribution in [1.29, 1.82) is 0 Å². The SMILES string of the molecule is CCCNC(=O)Nc1cc(/C=C/C(=O)OC)ccc1OCCN(CC)CC. The fourth-order valence-corrected chi connectivity index (χ4v) is 2.34. The molecule has 0 unspecified atom stereocenters. The lowest BCUT2D eigenvalue weighted by Crippen LogP contribution is -2.30. The molecule has 27 heavy (non-hydrogen) atoms.